The van der Waals surface area contributed by atoms with Crippen molar-refractivity contribution in [3.8, 4) is 0 Å². The summed E-state index contributed by atoms with van der Waals surface area (Å²) in [5.74, 6) is 0. The molecule has 0 unspecified atom stereocenters. The number of aromatic nitrogens is 1. The van der Waals surface area contributed by atoms with Gasteiger partial charge in [-0.1, -0.05) is 18.2 Å². The highest BCUT2D eigenvalue weighted by Crippen LogP contribution is 2.19. The molecule has 1 aromatic carbocycles. The minimum Gasteiger partial charge on any atom is -0.277 e. The van der Waals surface area contributed by atoms with E-state index in [0.717, 1.165) is 11.9 Å². The summed E-state index contributed by atoms with van der Waals surface area (Å²) < 4.78 is 1.84. The molecule has 0 radical (unpaired) electrons. The summed E-state index contributed by atoms with van der Waals surface area (Å²) in [6.07, 6.45) is 2.75. The molecule has 2 aromatic rings. The molecule has 0 aliphatic carbocycles. The van der Waals surface area contributed by atoms with Crippen LogP contribution >= 0.6 is 0 Å². The van der Waals surface area contributed by atoms with E-state index in [1.807, 2.05) is 36.0 Å². The van der Waals surface area contributed by atoms with Crippen LogP contribution in [-0.2, 0) is 4.79 Å². The summed E-state index contributed by atoms with van der Waals surface area (Å²) in [5.41, 5.74) is 2.23. The second-order valence-electron chi connectivity index (χ2n) is 3.35. The molecule has 0 aliphatic heterocycles. The maximum Gasteiger partial charge on any atom is 0.228 e. The summed E-state index contributed by atoms with van der Waals surface area (Å²) in [6, 6.07) is 8.03. The van der Waals surface area contributed by atoms with Crippen molar-refractivity contribution in [1.82, 2.24) is 4.68 Å². The normalized spacial score (nSPS) is 10.4. The van der Waals surface area contributed by atoms with Gasteiger partial charge in [-0.2, -0.15) is 0 Å². The fraction of sp³-hybridized carbons (Fsp3) is 0.182. The van der Waals surface area contributed by atoms with E-state index in [-0.39, 0.29) is 0 Å². The van der Waals surface area contributed by atoms with Crippen molar-refractivity contribution in [3.05, 3.63) is 36.0 Å². The van der Waals surface area contributed by atoms with Crippen LogP contribution in [0.5, 0.6) is 0 Å². The summed E-state index contributed by atoms with van der Waals surface area (Å²) in [5, 5.41) is 2.70. The van der Waals surface area contributed by atoms with Crippen LogP contribution in [0.15, 0.2) is 30.5 Å². The first-order valence-electron chi connectivity index (χ1n) is 4.49. The summed E-state index contributed by atoms with van der Waals surface area (Å²) >= 11 is 0. The minimum absolute atomic E-state index is 0.798. The number of hydrogen-bond donors (Lipinski definition) is 0. The van der Waals surface area contributed by atoms with E-state index in [9.17, 15) is 4.79 Å². The third-order valence-electron chi connectivity index (χ3n) is 2.38. The molecule has 2 rings (SSSR count). The van der Waals surface area contributed by atoms with Crippen molar-refractivity contribution in [1.29, 1.82) is 0 Å². The Hall–Kier alpha value is -1.77. The lowest BCUT2D eigenvalue weighted by Crippen LogP contribution is -2.27. The molecule has 1 heterocycles. The Morgan fingerprint density at radius 3 is 2.79 bits per heavy atom. The maximum atomic E-state index is 10.7. The lowest BCUT2D eigenvalue weighted by molar-refractivity contribution is -0.108. The summed E-state index contributed by atoms with van der Waals surface area (Å²) in [7, 11) is 1.74. The molecule has 0 saturated carbocycles. The molecule has 1 aromatic heterocycles. The van der Waals surface area contributed by atoms with Gasteiger partial charge in [0.25, 0.3) is 0 Å². The molecule has 0 spiro atoms. The highest BCUT2D eigenvalue weighted by molar-refractivity contribution is 5.85. The topological polar surface area (TPSA) is 25.2 Å². The van der Waals surface area contributed by atoms with Crippen LogP contribution in [0, 0.1) is 6.92 Å². The molecule has 0 saturated heterocycles. The van der Waals surface area contributed by atoms with Crippen molar-refractivity contribution >= 4 is 17.3 Å². The van der Waals surface area contributed by atoms with Crippen LogP contribution < -0.4 is 5.01 Å². The monoisotopic (exact) mass is 188 g/mol. The molecule has 72 valence electrons. The fourth-order valence-corrected chi connectivity index (χ4v) is 1.64. The van der Waals surface area contributed by atoms with Gasteiger partial charge in [0.1, 0.15) is 0 Å². The summed E-state index contributed by atoms with van der Waals surface area (Å²) in [6.45, 7) is 2.04. The third kappa shape index (κ3) is 1.18. The number of carbonyl (C=O) groups excluding carboxylic acids is 1. The van der Waals surface area contributed by atoms with Crippen molar-refractivity contribution in [2.75, 3.05) is 12.1 Å². The lowest BCUT2D eigenvalue weighted by atomic mass is 10.2. The average molecular weight is 188 g/mol. The Labute approximate surface area is 82.5 Å². The quantitative estimate of drug-likeness (QED) is 0.658. The van der Waals surface area contributed by atoms with Crippen LogP contribution in [0.25, 0.3) is 10.9 Å². The second kappa shape index (κ2) is 3.18. The van der Waals surface area contributed by atoms with Gasteiger partial charge < -0.3 is 0 Å². The highest BCUT2D eigenvalue weighted by Gasteiger charge is 2.06. The van der Waals surface area contributed by atoms with E-state index in [4.69, 9.17) is 0 Å². The predicted octanol–water partition coefficient (Wildman–Crippen LogP) is 1.67. The van der Waals surface area contributed by atoms with Crippen LogP contribution in [-0.4, -0.2) is 18.1 Å². The lowest BCUT2D eigenvalue weighted by Gasteiger charge is -2.13. The van der Waals surface area contributed by atoms with Gasteiger partial charge in [0.2, 0.25) is 6.41 Å². The number of rotatable bonds is 2. The number of para-hydroxylation sites is 1. The standard InChI is InChI=1S/C11H12N2O/c1-9-7-13(12(2)8-14)11-6-4-3-5-10(9)11/h3-8H,1-2H3. The predicted molar refractivity (Wildman–Crippen MR) is 56.9 cm³/mol. The number of amides is 1. The van der Waals surface area contributed by atoms with E-state index in [1.54, 1.807) is 7.05 Å². The smallest absolute Gasteiger partial charge is 0.228 e. The van der Waals surface area contributed by atoms with Crippen molar-refractivity contribution < 1.29 is 4.79 Å². The van der Waals surface area contributed by atoms with E-state index in [0.29, 0.717) is 0 Å². The van der Waals surface area contributed by atoms with Gasteiger partial charge in [-0.15, -0.1) is 0 Å². The van der Waals surface area contributed by atoms with Gasteiger partial charge in [0.15, 0.2) is 0 Å². The molecule has 0 atom stereocenters. The maximum absolute atomic E-state index is 10.7. The van der Waals surface area contributed by atoms with E-state index >= 15 is 0 Å². The largest absolute Gasteiger partial charge is 0.277 e. The average Bonchev–Trinajstić information content (AvgIpc) is 2.56. The van der Waals surface area contributed by atoms with Gasteiger partial charge in [0.05, 0.1) is 5.52 Å². The first-order chi connectivity index (χ1) is 6.74. The second-order valence-corrected chi connectivity index (χ2v) is 3.35. The van der Waals surface area contributed by atoms with Crippen molar-refractivity contribution in [2.45, 2.75) is 6.92 Å². The Morgan fingerprint density at radius 1 is 1.36 bits per heavy atom. The van der Waals surface area contributed by atoms with Crippen LogP contribution in [0.3, 0.4) is 0 Å². The molecule has 14 heavy (non-hydrogen) atoms. The van der Waals surface area contributed by atoms with Gasteiger partial charge in [-0.25, -0.2) is 0 Å². The van der Waals surface area contributed by atoms with Gasteiger partial charge >= 0.3 is 0 Å². The number of carbonyl (C=O) groups is 1. The van der Waals surface area contributed by atoms with Crippen molar-refractivity contribution in [2.24, 2.45) is 0 Å². The first-order valence-corrected chi connectivity index (χ1v) is 4.49. The molecule has 1 amide bonds. The molecule has 0 N–H and O–H groups in total. The van der Waals surface area contributed by atoms with Gasteiger partial charge in [0, 0.05) is 18.6 Å². The Kier molecular flexibility index (Phi) is 2.00. The number of fused-ring (bicyclic) bond motifs is 1. The number of hydrogen-bond acceptors (Lipinski definition) is 1. The van der Waals surface area contributed by atoms with Crippen LogP contribution in [0.1, 0.15) is 5.56 Å². The minimum atomic E-state index is 0.798. The highest BCUT2D eigenvalue weighted by atomic mass is 16.1. The van der Waals surface area contributed by atoms with Gasteiger partial charge in [-0.3, -0.25) is 14.5 Å². The molecular weight excluding hydrogens is 176 g/mol. The SMILES string of the molecule is Cc1cn(N(C)C=O)c2ccccc12. The van der Waals surface area contributed by atoms with Gasteiger partial charge in [-0.05, 0) is 18.6 Å². The summed E-state index contributed by atoms with van der Waals surface area (Å²) in [4.78, 5) is 10.7. The van der Waals surface area contributed by atoms with Crippen LogP contribution in [0.2, 0.25) is 0 Å². The Balaban J connectivity index is 2.72. The zero-order chi connectivity index (χ0) is 10.1. The Bertz CT molecular complexity index is 473. The zero-order valence-corrected chi connectivity index (χ0v) is 8.27. The van der Waals surface area contributed by atoms with Crippen LogP contribution in [0.4, 0.5) is 0 Å². The van der Waals surface area contributed by atoms with E-state index in [2.05, 4.69) is 6.07 Å². The Morgan fingerprint density at radius 2 is 2.07 bits per heavy atom. The molecule has 0 fully saturated rings. The molecule has 0 aliphatic rings. The zero-order valence-electron chi connectivity index (χ0n) is 8.27. The van der Waals surface area contributed by atoms with Crippen molar-refractivity contribution in [3.63, 3.8) is 0 Å². The molecular formula is C11H12N2O. The molecule has 3 heteroatoms. The molecule has 0 bridgehead atoms. The van der Waals surface area contributed by atoms with E-state index < -0.39 is 0 Å². The fourth-order valence-electron chi connectivity index (χ4n) is 1.64. The number of benzene rings is 1. The third-order valence-corrected chi connectivity index (χ3v) is 2.38. The number of nitrogens with zero attached hydrogens (tertiary/aromatic N) is 2. The first kappa shape index (κ1) is 8.81. The number of aryl methyl sites for hydroxylation is 1. The molecule has 3 nitrogen and oxygen atoms in total. The van der Waals surface area contributed by atoms with E-state index in [1.165, 1.54) is 16.0 Å².